The number of fused-ring (bicyclic) bond motifs is 5. The fraction of sp³-hybridized carbons (Fsp3) is 0. The van der Waals surface area contributed by atoms with Crippen LogP contribution in [0.3, 0.4) is 0 Å². The van der Waals surface area contributed by atoms with Gasteiger partial charge in [-0.3, -0.25) is 4.57 Å². The molecule has 0 fully saturated rings. The molecule has 0 atom stereocenters. The van der Waals surface area contributed by atoms with Gasteiger partial charge in [-0.1, -0.05) is 121 Å². The summed E-state index contributed by atoms with van der Waals surface area (Å²) in [5.41, 5.74) is 7.72. The van der Waals surface area contributed by atoms with E-state index in [-0.39, 0.29) is 0 Å². The Kier molecular flexibility index (Phi) is 4.91. The summed E-state index contributed by atoms with van der Waals surface area (Å²) in [7, 11) is 0. The Labute approximate surface area is 285 Å². The predicted octanol–water partition coefficient (Wildman–Crippen LogP) is 11.2. The Morgan fingerprint density at radius 3 is 1.64 bits per heavy atom. The minimum atomic E-state index is 0.605. The van der Waals surface area contributed by atoms with E-state index in [9.17, 15) is 0 Å². The van der Waals surface area contributed by atoms with Crippen molar-refractivity contribution >= 4 is 81.4 Å². The second-order valence-electron chi connectivity index (χ2n) is 13.3. The first-order valence-electron chi connectivity index (χ1n) is 17.0. The summed E-state index contributed by atoms with van der Waals surface area (Å²) in [5, 5.41) is 12.4. The Balaban J connectivity index is 1.30. The third-order valence-electron chi connectivity index (χ3n) is 10.6. The molecule has 0 spiro atoms. The zero-order valence-electron chi connectivity index (χ0n) is 26.7. The summed E-state index contributed by atoms with van der Waals surface area (Å²) >= 11 is 0. The highest BCUT2D eigenvalue weighted by molar-refractivity contribution is 6.37. The van der Waals surface area contributed by atoms with Gasteiger partial charge < -0.3 is 4.40 Å². The van der Waals surface area contributed by atoms with Crippen LogP contribution in [-0.4, -0.2) is 23.9 Å². The first kappa shape index (κ1) is 26.1. The fourth-order valence-corrected chi connectivity index (χ4v) is 8.49. The van der Waals surface area contributed by atoms with Crippen molar-refractivity contribution in [1.29, 1.82) is 0 Å². The first-order valence-corrected chi connectivity index (χ1v) is 17.0. The first-order chi connectivity index (χ1) is 24.8. The van der Waals surface area contributed by atoms with Gasteiger partial charge in [-0.05, 0) is 51.9 Å². The smallest absolute Gasteiger partial charge is 0.238 e. The second-order valence-corrected chi connectivity index (χ2v) is 13.3. The van der Waals surface area contributed by atoms with Gasteiger partial charge in [-0.25, -0.2) is 4.98 Å². The van der Waals surface area contributed by atoms with Gasteiger partial charge in [0.2, 0.25) is 5.95 Å². The maximum atomic E-state index is 5.21. The lowest BCUT2D eigenvalue weighted by Crippen LogP contribution is -2.06. The van der Waals surface area contributed by atoms with Crippen LogP contribution in [-0.2, 0) is 0 Å². The lowest BCUT2D eigenvalue weighted by Gasteiger charge is -2.12. The summed E-state index contributed by atoms with van der Waals surface area (Å²) in [5.74, 6) is 1.90. The van der Waals surface area contributed by atoms with E-state index in [0.29, 0.717) is 17.6 Å². The van der Waals surface area contributed by atoms with Crippen LogP contribution in [0.15, 0.2) is 152 Å². The molecule has 0 N–H and O–H groups in total. The van der Waals surface area contributed by atoms with Gasteiger partial charge in [-0.15, -0.1) is 0 Å². The normalized spacial score (nSPS) is 12.4. The van der Waals surface area contributed by atoms with Crippen molar-refractivity contribution in [1.82, 2.24) is 23.9 Å². The van der Waals surface area contributed by atoms with E-state index in [1.807, 2.05) is 36.4 Å². The molecule has 0 aliphatic rings. The molecule has 0 saturated carbocycles. The van der Waals surface area contributed by atoms with Crippen LogP contribution in [0.2, 0.25) is 0 Å². The topological polar surface area (TPSA) is 48.0 Å². The van der Waals surface area contributed by atoms with Crippen molar-refractivity contribution in [3.8, 4) is 28.7 Å². The number of hydrogen-bond donors (Lipinski definition) is 0. The minimum Gasteiger partial charge on any atom is -0.308 e. The quantitative estimate of drug-likeness (QED) is 0.194. The molecule has 4 heterocycles. The van der Waals surface area contributed by atoms with Gasteiger partial charge in [0.1, 0.15) is 0 Å². The minimum absolute atomic E-state index is 0.605. The summed E-state index contributed by atoms with van der Waals surface area (Å²) in [6.07, 6.45) is 0. The van der Waals surface area contributed by atoms with Gasteiger partial charge in [0.05, 0.1) is 27.6 Å². The summed E-state index contributed by atoms with van der Waals surface area (Å²) < 4.78 is 4.78. The molecular formula is C45H25N5. The Morgan fingerprint density at radius 2 is 0.940 bits per heavy atom. The van der Waals surface area contributed by atoms with Gasteiger partial charge in [0.25, 0.3) is 0 Å². The highest BCUT2D eigenvalue weighted by Crippen LogP contribution is 2.47. The average molecular weight is 636 g/mol. The van der Waals surface area contributed by atoms with Crippen molar-refractivity contribution in [3.05, 3.63) is 152 Å². The maximum Gasteiger partial charge on any atom is 0.238 e. The zero-order valence-corrected chi connectivity index (χ0v) is 26.7. The molecule has 0 amide bonds. The number of aromatic nitrogens is 5. The van der Waals surface area contributed by atoms with Crippen LogP contribution in [0.4, 0.5) is 0 Å². The van der Waals surface area contributed by atoms with Crippen LogP contribution in [0.5, 0.6) is 0 Å². The molecule has 0 bridgehead atoms. The third-order valence-corrected chi connectivity index (χ3v) is 10.6. The molecule has 12 aromatic rings. The van der Waals surface area contributed by atoms with Crippen molar-refractivity contribution < 1.29 is 0 Å². The van der Waals surface area contributed by atoms with E-state index in [0.717, 1.165) is 22.2 Å². The van der Waals surface area contributed by atoms with Crippen molar-refractivity contribution in [2.45, 2.75) is 0 Å². The SMILES string of the molecule is c1ccc(-c2nc(-c3ccccc3)nc(-n3c4ccc5cccc6c5c4c4c5c(ccc7c8cc9ccccc9cc8n6c75)ccc43)n2)cc1. The summed E-state index contributed by atoms with van der Waals surface area (Å²) in [6, 6.07) is 54.1. The van der Waals surface area contributed by atoms with E-state index in [1.165, 1.54) is 70.4 Å². The van der Waals surface area contributed by atoms with E-state index in [2.05, 4.69) is 124 Å². The number of benzene rings is 8. The monoisotopic (exact) mass is 635 g/mol. The molecule has 4 aromatic heterocycles. The lowest BCUT2D eigenvalue weighted by atomic mass is 9.98. The Bertz CT molecular complexity index is 3240. The number of hydrogen-bond acceptors (Lipinski definition) is 3. The highest BCUT2D eigenvalue weighted by Gasteiger charge is 2.26. The van der Waals surface area contributed by atoms with Crippen molar-refractivity contribution in [2.75, 3.05) is 0 Å². The predicted molar refractivity (Wildman–Crippen MR) is 206 cm³/mol. The van der Waals surface area contributed by atoms with Crippen molar-refractivity contribution in [3.63, 3.8) is 0 Å². The van der Waals surface area contributed by atoms with E-state index in [1.54, 1.807) is 0 Å². The third kappa shape index (κ3) is 3.33. The van der Waals surface area contributed by atoms with Crippen LogP contribution in [0, 0.1) is 0 Å². The second kappa shape index (κ2) is 9.40. The molecule has 0 saturated heterocycles. The molecule has 5 heteroatoms. The van der Waals surface area contributed by atoms with Crippen LogP contribution in [0.25, 0.3) is 110 Å². The molecule has 0 radical (unpaired) electrons. The van der Waals surface area contributed by atoms with Gasteiger partial charge >= 0.3 is 0 Å². The fourth-order valence-electron chi connectivity index (χ4n) is 8.49. The van der Waals surface area contributed by atoms with E-state index >= 15 is 0 Å². The molecule has 12 rings (SSSR count). The van der Waals surface area contributed by atoms with Crippen LogP contribution < -0.4 is 0 Å². The Morgan fingerprint density at radius 1 is 0.360 bits per heavy atom. The molecule has 8 aromatic carbocycles. The summed E-state index contributed by atoms with van der Waals surface area (Å²) in [6.45, 7) is 0. The van der Waals surface area contributed by atoms with Gasteiger partial charge in [0.15, 0.2) is 11.6 Å². The van der Waals surface area contributed by atoms with Crippen LogP contribution >= 0.6 is 0 Å². The van der Waals surface area contributed by atoms with Crippen molar-refractivity contribution in [2.24, 2.45) is 0 Å². The molecule has 5 nitrogen and oxygen atoms in total. The Hall–Kier alpha value is -6.85. The summed E-state index contributed by atoms with van der Waals surface area (Å²) in [4.78, 5) is 15.4. The number of nitrogens with zero attached hydrogens (tertiary/aromatic N) is 5. The molecule has 230 valence electrons. The molecular weight excluding hydrogens is 611 g/mol. The van der Waals surface area contributed by atoms with Gasteiger partial charge in [0, 0.05) is 43.4 Å². The molecule has 0 aliphatic carbocycles. The largest absolute Gasteiger partial charge is 0.308 e. The average Bonchev–Trinajstić information content (AvgIpc) is 3.65. The lowest BCUT2D eigenvalue weighted by molar-refractivity contribution is 0.954. The molecule has 50 heavy (non-hydrogen) atoms. The number of rotatable bonds is 3. The highest BCUT2D eigenvalue weighted by atomic mass is 15.2. The maximum absolute atomic E-state index is 5.21. The standard InChI is InChI=1S/C45H25N5/c1-3-10-28(11-4-1)43-46-44(29-12-5-2-6-13-29)48-45(47-43)50-35-22-19-26-16-9-17-34-38(26)40(35)41-36(50)23-20-27-18-21-32-33-24-30-14-7-8-15-31(30)25-37(33)49(34)42(32)39(27)41/h1-25H. The zero-order chi connectivity index (χ0) is 32.5. The van der Waals surface area contributed by atoms with E-state index < -0.39 is 0 Å². The molecule has 0 aliphatic heterocycles. The van der Waals surface area contributed by atoms with Gasteiger partial charge in [-0.2, -0.15) is 9.97 Å². The van der Waals surface area contributed by atoms with E-state index in [4.69, 9.17) is 15.0 Å². The molecule has 0 unspecified atom stereocenters. The van der Waals surface area contributed by atoms with Crippen LogP contribution in [0.1, 0.15) is 0 Å².